The maximum absolute atomic E-state index is 12.7. The van der Waals surface area contributed by atoms with Crippen LogP contribution in [0.4, 0.5) is 13.2 Å². The van der Waals surface area contributed by atoms with Crippen LogP contribution in [0.15, 0.2) is 52.2 Å². The molecule has 10 heteroatoms. The summed E-state index contributed by atoms with van der Waals surface area (Å²) in [5.41, 5.74) is 1.75. The Hall–Kier alpha value is -3.43. The number of hydrogen-bond donors (Lipinski definition) is 1. The van der Waals surface area contributed by atoms with E-state index in [9.17, 15) is 18.0 Å². The van der Waals surface area contributed by atoms with Crippen LogP contribution in [-0.4, -0.2) is 24.7 Å². The first-order valence-corrected chi connectivity index (χ1v) is 7.95. The number of hydrogen-bond acceptors (Lipinski definition) is 5. The Morgan fingerprint density at radius 2 is 2.00 bits per heavy atom. The highest BCUT2D eigenvalue weighted by Gasteiger charge is 2.38. The number of benzene rings is 1. The first-order valence-electron chi connectivity index (χ1n) is 7.95. The number of para-hydroxylation sites is 2. The molecule has 0 aliphatic heterocycles. The van der Waals surface area contributed by atoms with Crippen LogP contribution >= 0.6 is 0 Å². The minimum absolute atomic E-state index is 0.197. The molecule has 0 amide bonds. The molecule has 0 saturated heterocycles. The second-order valence-electron chi connectivity index (χ2n) is 5.80. The van der Waals surface area contributed by atoms with Crippen molar-refractivity contribution in [3.05, 3.63) is 64.7 Å². The highest BCUT2D eigenvalue weighted by molar-refractivity contribution is 5.74. The standard InChI is InChI=1S/C17H12F3N5O2/c18-17(19,20)16-23-14(24-27-16)10-5-7-21-15(26)11(10)6-8-25-9-22-12-3-1-2-4-13(12)25/h1-5,7,9H,6,8H2,(H,21,26). The first-order chi connectivity index (χ1) is 12.9. The van der Waals surface area contributed by atoms with Crippen LogP contribution in [0.25, 0.3) is 22.4 Å². The van der Waals surface area contributed by atoms with Crippen LogP contribution in [0, 0.1) is 0 Å². The van der Waals surface area contributed by atoms with E-state index in [1.165, 1.54) is 12.3 Å². The molecule has 1 N–H and O–H groups in total. The van der Waals surface area contributed by atoms with Gasteiger partial charge in [-0.1, -0.05) is 17.3 Å². The third kappa shape index (κ3) is 3.21. The Bertz CT molecular complexity index is 1160. The monoisotopic (exact) mass is 375 g/mol. The predicted octanol–water partition coefficient (Wildman–Crippen LogP) is 3.04. The van der Waals surface area contributed by atoms with Crippen molar-refractivity contribution >= 4 is 11.0 Å². The average molecular weight is 375 g/mol. The lowest BCUT2D eigenvalue weighted by atomic mass is 10.1. The normalized spacial score (nSPS) is 12.0. The summed E-state index contributed by atoms with van der Waals surface area (Å²) in [6.07, 6.45) is -1.51. The SMILES string of the molecule is O=c1[nH]ccc(-c2noc(C(F)(F)F)n2)c1CCn1cnc2ccccc21. The van der Waals surface area contributed by atoms with Crippen molar-refractivity contribution < 1.29 is 17.7 Å². The highest BCUT2D eigenvalue weighted by Crippen LogP contribution is 2.29. The van der Waals surface area contributed by atoms with E-state index in [1.807, 2.05) is 28.8 Å². The van der Waals surface area contributed by atoms with Crippen molar-refractivity contribution in [2.45, 2.75) is 19.1 Å². The molecule has 0 bridgehead atoms. The Kier molecular flexibility index (Phi) is 4.02. The zero-order valence-electron chi connectivity index (χ0n) is 13.7. The van der Waals surface area contributed by atoms with Crippen molar-refractivity contribution in [3.63, 3.8) is 0 Å². The van der Waals surface area contributed by atoms with Crippen LogP contribution in [-0.2, 0) is 19.1 Å². The van der Waals surface area contributed by atoms with Crippen molar-refractivity contribution in [2.75, 3.05) is 0 Å². The number of aryl methyl sites for hydroxylation is 1. The predicted molar refractivity (Wildman–Crippen MR) is 88.8 cm³/mol. The summed E-state index contributed by atoms with van der Waals surface area (Å²) < 4.78 is 44.3. The summed E-state index contributed by atoms with van der Waals surface area (Å²) >= 11 is 0. The summed E-state index contributed by atoms with van der Waals surface area (Å²) in [4.78, 5) is 22.4. The minimum atomic E-state index is -4.75. The molecule has 4 aromatic rings. The Balaban J connectivity index is 1.67. The molecule has 0 atom stereocenters. The van der Waals surface area contributed by atoms with E-state index in [-0.39, 0.29) is 23.4 Å². The fraction of sp³-hybridized carbons (Fsp3) is 0.176. The van der Waals surface area contributed by atoms with Gasteiger partial charge in [0.1, 0.15) is 0 Å². The van der Waals surface area contributed by atoms with E-state index in [0.29, 0.717) is 6.54 Å². The fourth-order valence-corrected chi connectivity index (χ4v) is 2.84. The van der Waals surface area contributed by atoms with Gasteiger partial charge in [-0.05, 0) is 24.6 Å². The van der Waals surface area contributed by atoms with Crippen LogP contribution in [0.3, 0.4) is 0 Å². The molecule has 1 aromatic carbocycles. The molecule has 0 fully saturated rings. The van der Waals surface area contributed by atoms with E-state index in [1.54, 1.807) is 6.33 Å². The molecule has 138 valence electrons. The van der Waals surface area contributed by atoms with Gasteiger partial charge in [0.2, 0.25) is 5.82 Å². The van der Waals surface area contributed by atoms with E-state index in [0.717, 1.165) is 11.0 Å². The largest absolute Gasteiger partial charge is 0.471 e. The number of alkyl halides is 3. The number of halogens is 3. The summed E-state index contributed by atoms with van der Waals surface area (Å²) in [6.45, 7) is 0.407. The van der Waals surface area contributed by atoms with E-state index in [4.69, 9.17) is 0 Å². The molecule has 0 radical (unpaired) electrons. The van der Waals surface area contributed by atoms with Crippen LogP contribution in [0.2, 0.25) is 0 Å². The zero-order valence-corrected chi connectivity index (χ0v) is 13.7. The number of aromatic amines is 1. The molecule has 0 unspecified atom stereocenters. The molecule has 7 nitrogen and oxygen atoms in total. The lowest BCUT2D eigenvalue weighted by molar-refractivity contribution is -0.159. The average Bonchev–Trinajstić information content (AvgIpc) is 3.28. The molecular formula is C17H12F3N5O2. The third-order valence-corrected chi connectivity index (χ3v) is 4.10. The quantitative estimate of drug-likeness (QED) is 0.592. The van der Waals surface area contributed by atoms with Gasteiger partial charge in [0.25, 0.3) is 5.56 Å². The molecule has 27 heavy (non-hydrogen) atoms. The van der Waals surface area contributed by atoms with Gasteiger partial charge in [-0.15, -0.1) is 0 Å². The second kappa shape index (κ2) is 6.38. The van der Waals surface area contributed by atoms with Crippen LogP contribution in [0.5, 0.6) is 0 Å². The van der Waals surface area contributed by atoms with Gasteiger partial charge in [-0.25, -0.2) is 4.98 Å². The number of aromatic nitrogens is 5. The Labute approximate surface area is 149 Å². The third-order valence-electron chi connectivity index (χ3n) is 4.10. The molecule has 0 saturated carbocycles. The minimum Gasteiger partial charge on any atom is -0.330 e. The number of imidazole rings is 1. The maximum Gasteiger partial charge on any atom is 0.471 e. The molecule has 0 aliphatic carbocycles. The van der Waals surface area contributed by atoms with Crippen LogP contribution in [0.1, 0.15) is 11.5 Å². The summed E-state index contributed by atoms with van der Waals surface area (Å²) in [5.74, 6) is -1.73. The van der Waals surface area contributed by atoms with E-state index in [2.05, 4.69) is 24.6 Å². The van der Waals surface area contributed by atoms with E-state index < -0.39 is 17.6 Å². The van der Waals surface area contributed by atoms with Crippen molar-refractivity contribution in [1.29, 1.82) is 0 Å². The Morgan fingerprint density at radius 3 is 2.78 bits per heavy atom. The number of H-pyrrole nitrogens is 1. The molecular weight excluding hydrogens is 363 g/mol. The summed E-state index contributed by atoms with van der Waals surface area (Å²) in [6, 6.07) is 8.96. The molecule has 0 spiro atoms. The van der Waals surface area contributed by atoms with Crippen molar-refractivity contribution in [1.82, 2.24) is 24.7 Å². The smallest absolute Gasteiger partial charge is 0.330 e. The maximum atomic E-state index is 12.7. The van der Waals surface area contributed by atoms with Gasteiger partial charge in [0.05, 0.1) is 17.4 Å². The number of nitrogens with zero attached hydrogens (tertiary/aromatic N) is 4. The van der Waals surface area contributed by atoms with Gasteiger partial charge in [-0.2, -0.15) is 18.2 Å². The Morgan fingerprint density at radius 1 is 1.19 bits per heavy atom. The number of rotatable bonds is 4. The molecule has 4 rings (SSSR count). The lowest BCUT2D eigenvalue weighted by Gasteiger charge is -2.07. The highest BCUT2D eigenvalue weighted by atomic mass is 19.4. The van der Waals surface area contributed by atoms with Gasteiger partial charge in [0.15, 0.2) is 0 Å². The number of pyridine rings is 1. The second-order valence-corrected chi connectivity index (χ2v) is 5.80. The summed E-state index contributed by atoms with van der Waals surface area (Å²) in [5, 5.41) is 3.37. The summed E-state index contributed by atoms with van der Waals surface area (Å²) in [7, 11) is 0. The van der Waals surface area contributed by atoms with Gasteiger partial charge in [0, 0.05) is 23.9 Å². The number of fused-ring (bicyclic) bond motifs is 1. The van der Waals surface area contributed by atoms with Gasteiger partial charge in [-0.3, -0.25) is 4.79 Å². The van der Waals surface area contributed by atoms with Crippen molar-refractivity contribution in [3.8, 4) is 11.4 Å². The molecule has 3 aromatic heterocycles. The van der Waals surface area contributed by atoms with Crippen LogP contribution < -0.4 is 5.56 Å². The zero-order chi connectivity index (χ0) is 19.0. The van der Waals surface area contributed by atoms with Crippen molar-refractivity contribution in [2.24, 2.45) is 0 Å². The van der Waals surface area contributed by atoms with Gasteiger partial charge >= 0.3 is 12.1 Å². The fourth-order valence-electron chi connectivity index (χ4n) is 2.84. The van der Waals surface area contributed by atoms with E-state index >= 15 is 0 Å². The lowest BCUT2D eigenvalue weighted by Crippen LogP contribution is -2.16. The number of nitrogens with one attached hydrogen (secondary N) is 1. The molecule has 0 aliphatic rings. The topological polar surface area (TPSA) is 89.6 Å². The molecule has 3 heterocycles. The van der Waals surface area contributed by atoms with Gasteiger partial charge < -0.3 is 14.1 Å². The first kappa shape index (κ1) is 17.0.